The number of nitrogens with one attached hydrogen (secondary N) is 1. The molecule has 3 unspecified atom stereocenters. The minimum Gasteiger partial charge on any atom is -0.376 e. The van der Waals surface area contributed by atoms with Gasteiger partial charge < -0.3 is 15.0 Å². The van der Waals surface area contributed by atoms with Crippen molar-refractivity contribution in [3.05, 3.63) is 0 Å². The van der Waals surface area contributed by atoms with Gasteiger partial charge in [0.05, 0.1) is 6.10 Å². The molecule has 0 aromatic rings. The monoisotopic (exact) mass is 296 g/mol. The lowest BCUT2D eigenvalue weighted by Gasteiger charge is -2.40. The second kappa shape index (κ2) is 7.25. The number of ether oxygens (including phenoxy) is 1. The number of nitrogens with zero attached hydrogens (tertiary/aromatic N) is 1. The van der Waals surface area contributed by atoms with E-state index in [1.807, 2.05) is 6.92 Å². The van der Waals surface area contributed by atoms with Gasteiger partial charge in [0.1, 0.15) is 12.1 Å². The Morgan fingerprint density at radius 3 is 2.71 bits per heavy atom. The standard InChI is InChI=1S/C16H28N2O3/c1-4-6-13-16(20)18(10-12-7-5-8-21-12)14(9-11(2)3)15(19)17-13/h11-14H,4-10H2,1-3H3,(H,17,19). The van der Waals surface area contributed by atoms with Crippen molar-refractivity contribution in [1.29, 1.82) is 0 Å². The number of piperazine rings is 1. The Morgan fingerprint density at radius 2 is 2.14 bits per heavy atom. The molecule has 5 heteroatoms. The predicted molar refractivity (Wildman–Crippen MR) is 80.8 cm³/mol. The summed E-state index contributed by atoms with van der Waals surface area (Å²) in [6, 6.07) is -0.692. The van der Waals surface area contributed by atoms with Gasteiger partial charge in [-0.25, -0.2) is 0 Å². The first-order chi connectivity index (χ1) is 10.0. The molecule has 21 heavy (non-hydrogen) atoms. The Hall–Kier alpha value is -1.10. The van der Waals surface area contributed by atoms with Crippen molar-refractivity contribution >= 4 is 11.8 Å². The highest BCUT2D eigenvalue weighted by molar-refractivity contribution is 5.97. The molecule has 2 rings (SSSR count). The second-order valence-corrected chi connectivity index (χ2v) is 6.62. The van der Waals surface area contributed by atoms with E-state index in [2.05, 4.69) is 19.2 Å². The van der Waals surface area contributed by atoms with Crippen LogP contribution >= 0.6 is 0 Å². The third kappa shape index (κ3) is 3.96. The summed E-state index contributed by atoms with van der Waals surface area (Å²) >= 11 is 0. The topological polar surface area (TPSA) is 58.6 Å². The predicted octanol–water partition coefficient (Wildman–Crippen LogP) is 1.71. The fourth-order valence-corrected chi connectivity index (χ4v) is 3.21. The summed E-state index contributed by atoms with van der Waals surface area (Å²) in [7, 11) is 0. The molecule has 1 N–H and O–H groups in total. The Kier molecular flexibility index (Phi) is 5.62. The molecular weight excluding hydrogens is 268 g/mol. The quantitative estimate of drug-likeness (QED) is 0.812. The van der Waals surface area contributed by atoms with Crippen molar-refractivity contribution in [2.45, 2.75) is 71.1 Å². The fraction of sp³-hybridized carbons (Fsp3) is 0.875. The number of amides is 2. The zero-order valence-electron chi connectivity index (χ0n) is 13.4. The molecule has 2 amide bonds. The molecule has 0 bridgehead atoms. The summed E-state index contributed by atoms with van der Waals surface area (Å²) < 4.78 is 5.66. The summed E-state index contributed by atoms with van der Waals surface area (Å²) in [5.41, 5.74) is 0. The number of carbonyl (C=O) groups is 2. The van der Waals surface area contributed by atoms with Gasteiger partial charge in [-0.1, -0.05) is 27.2 Å². The van der Waals surface area contributed by atoms with E-state index in [0.29, 0.717) is 25.3 Å². The molecule has 2 fully saturated rings. The zero-order valence-corrected chi connectivity index (χ0v) is 13.4. The van der Waals surface area contributed by atoms with E-state index in [9.17, 15) is 9.59 Å². The highest BCUT2D eigenvalue weighted by atomic mass is 16.5. The molecular formula is C16H28N2O3. The molecule has 0 radical (unpaired) electrons. The van der Waals surface area contributed by atoms with E-state index in [-0.39, 0.29) is 30.0 Å². The van der Waals surface area contributed by atoms with E-state index >= 15 is 0 Å². The van der Waals surface area contributed by atoms with Crippen LogP contribution in [0.5, 0.6) is 0 Å². The fourth-order valence-electron chi connectivity index (χ4n) is 3.21. The van der Waals surface area contributed by atoms with E-state index < -0.39 is 0 Å². The van der Waals surface area contributed by atoms with Crippen LogP contribution in [0, 0.1) is 5.92 Å². The molecule has 3 atom stereocenters. The van der Waals surface area contributed by atoms with Crippen molar-refractivity contribution in [2.24, 2.45) is 5.92 Å². The highest BCUT2D eigenvalue weighted by Gasteiger charge is 2.41. The Labute approximate surface area is 127 Å². The molecule has 0 aromatic heterocycles. The van der Waals surface area contributed by atoms with Crippen LogP contribution in [-0.4, -0.2) is 48.1 Å². The third-order valence-electron chi connectivity index (χ3n) is 4.27. The lowest BCUT2D eigenvalue weighted by molar-refractivity contribution is -0.151. The number of hydrogen-bond donors (Lipinski definition) is 1. The van der Waals surface area contributed by atoms with Crippen LogP contribution in [0.4, 0.5) is 0 Å². The number of carbonyl (C=O) groups excluding carboxylic acids is 2. The Balaban J connectivity index is 2.12. The lowest BCUT2D eigenvalue weighted by Crippen LogP contribution is -2.64. The average Bonchev–Trinajstić information content (AvgIpc) is 2.92. The van der Waals surface area contributed by atoms with Crippen molar-refractivity contribution in [1.82, 2.24) is 10.2 Å². The minimum atomic E-state index is -0.354. The van der Waals surface area contributed by atoms with Crippen LogP contribution in [0.15, 0.2) is 0 Å². The summed E-state index contributed by atoms with van der Waals surface area (Å²) in [6.07, 6.45) is 4.44. The maximum absolute atomic E-state index is 12.7. The van der Waals surface area contributed by atoms with Crippen molar-refractivity contribution < 1.29 is 14.3 Å². The lowest BCUT2D eigenvalue weighted by atomic mass is 9.96. The molecule has 5 nitrogen and oxygen atoms in total. The van der Waals surface area contributed by atoms with Gasteiger partial charge in [-0.15, -0.1) is 0 Å². The molecule has 0 spiro atoms. The van der Waals surface area contributed by atoms with Crippen molar-refractivity contribution in [2.75, 3.05) is 13.2 Å². The first-order valence-electron chi connectivity index (χ1n) is 8.25. The minimum absolute atomic E-state index is 0.000234. The van der Waals surface area contributed by atoms with Crippen LogP contribution in [0.25, 0.3) is 0 Å². The average molecular weight is 296 g/mol. The van der Waals surface area contributed by atoms with Crippen molar-refractivity contribution in [3.8, 4) is 0 Å². The van der Waals surface area contributed by atoms with E-state index in [1.54, 1.807) is 4.90 Å². The van der Waals surface area contributed by atoms with E-state index in [1.165, 1.54) is 0 Å². The molecule has 0 aliphatic carbocycles. The van der Waals surface area contributed by atoms with Gasteiger partial charge in [-0.3, -0.25) is 9.59 Å². The van der Waals surface area contributed by atoms with Gasteiger partial charge in [-0.2, -0.15) is 0 Å². The normalized spacial score (nSPS) is 30.1. The van der Waals surface area contributed by atoms with Crippen LogP contribution in [-0.2, 0) is 14.3 Å². The highest BCUT2D eigenvalue weighted by Crippen LogP contribution is 2.22. The summed E-state index contributed by atoms with van der Waals surface area (Å²) in [5.74, 6) is 0.445. The van der Waals surface area contributed by atoms with Gasteiger partial charge in [0.15, 0.2) is 0 Å². The van der Waals surface area contributed by atoms with Crippen LogP contribution < -0.4 is 5.32 Å². The maximum Gasteiger partial charge on any atom is 0.245 e. The Morgan fingerprint density at radius 1 is 1.38 bits per heavy atom. The first-order valence-corrected chi connectivity index (χ1v) is 8.25. The SMILES string of the molecule is CCCC1NC(=O)C(CC(C)C)N(CC2CCCO2)C1=O. The van der Waals surface area contributed by atoms with Crippen molar-refractivity contribution in [3.63, 3.8) is 0 Å². The van der Waals surface area contributed by atoms with Crippen LogP contribution in [0.1, 0.15) is 52.9 Å². The van der Waals surface area contributed by atoms with E-state index in [0.717, 1.165) is 25.9 Å². The maximum atomic E-state index is 12.7. The molecule has 2 heterocycles. The first kappa shape index (κ1) is 16.3. The molecule has 120 valence electrons. The second-order valence-electron chi connectivity index (χ2n) is 6.62. The molecule has 2 aliphatic rings. The van der Waals surface area contributed by atoms with E-state index in [4.69, 9.17) is 4.74 Å². The smallest absolute Gasteiger partial charge is 0.245 e. The molecule has 2 aliphatic heterocycles. The molecule has 0 aromatic carbocycles. The molecule has 0 saturated carbocycles. The van der Waals surface area contributed by atoms with Gasteiger partial charge >= 0.3 is 0 Å². The molecule has 2 saturated heterocycles. The van der Waals surface area contributed by atoms with Gasteiger partial charge in [0.25, 0.3) is 0 Å². The van der Waals surface area contributed by atoms with Crippen LogP contribution in [0.3, 0.4) is 0 Å². The number of rotatable bonds is 6. The largest absolute Gasteiger partial charge is 0.376 e. The number of hydrogen-bond acceptors (Lipinski definition) is 3. The van der Waals surface area contributed by atoms with Gasteiger partial charge in [-0.05, 0) is 31.6 Å². The third-order valence-corrected chi connectivity index (χ3v) is 4.27. The van der Waals surface area contributed by atoms with Crippen LogP contribution in [0.2, 0.25) is 0 Å². The summed E-state index contributed by atoms with van der Waals surface area (Å²) in [5, 5.41) is 2.91. The van der Waals surface area contributed by atoms with Gasteiger partial charge in [0.2, 0.25) is 11.8 Å². The van der Waals surface area contributed by atoms with Gasteiger partial charge in [0, 0.05) is 13.2 Å². The summed E-state index contributed by atoms with van der Waals surface area (Å²) in [4.78, 5) is 26.9. The summed E-state index contributed by atoms with van der Waals surface area (Å²) in [6.45, 7) is 7.53. The Bertz CT molecular complexity index is 378. The zero-order chi connectivity index (χ0) is 15.4.